The molecule has 1 aromatic rings. The summed E-state index contributed by atoms with van der Waals surface area (Å²) in [6.45, 7) is 0. The third kappa shape index (κ3) is 2.05. The highest BCUT2D eigenvalue weighted by molar-refractivity contribution is 9.10. The van der Waals surface area contributed by atoms with Crippen LogP contribution in [0.4, 0.5) is 4.39 Å². The minimum Gasteiger partial charge on any atom is -0.324 e. The molecule has 0 unspecified atom stereocenters. The van der Waals surface area contributed by atoms with E-state index in [0.29, 0.717) is 15.1 Å². The third-order valence-corrected chi connectivity index (χ3v) is 4.14. The highest BCUT2D eigenvalue weighted by atomic mass is 79.9. The van der Waals surface area contributed by atoms with Crippen molar-refractivity contribution >= 4 is 27.5 Å². The molecule has 0 heterocycles. The molecule has 1 atom stereocenters. The summed E-state index contributed by atoms with van der Waals surface area (Å²) in [5, 5.41) is 0.570. The lowest BCUT2D eigenvalue weighted by molar-refractivity contribution is 0.603. The minimum absolute atomic E-state index is 0.137. The molecule has 0 amide bonds. The third-order valence-electron chi connectivity index (χ3n) is 2.88. The van der Waals surface area contributed by atoms with Crippen molar-refractivity contribution in [2.45, 2.75) is 31.7 Å². The van der Waals surface area contributed by atoms with Gasteiger partial charge in [-0.1, -0.05) is 18.0 Å². The van der Waals surface area contributed by atoms with E-state index in [1.807, 2.05) is 0 Å². The van der Waals surface area contributed by atoms with Crippen LogP contribution in [0.5, 0.6) is 0 Å². The number of benzene rings is 1. The molecular formula is C11H12BrClFN. The highest BCUT2D eigenvalue weighted by Gasteiger charge is 2.22. The van der Waals surface area contributed by atoms with E-state index in [0.717, 1.165) is 31.2 Å². The van der Waals surface area contributed by atoms with Gasteiger partial charge in [0.1, 0.15) is 5.82 Å². The van der Waals surface area contributed by atoms with Crippen molar-refractivity contribution < 1.29 is 4.39 Å². The molecule has 1 aromatic carbocycles. The van der Waals surface area contributed by atoms with E-state index in [-0.39, 0.29) is 11.9 Å². The van der Waals surface area contributed by atoms with Crippen molar-refractivity contribution in [1.29, 1.82) is 0 Å². The molecular weight excluding hydrogens is 280 g/mol. The Morgan fingerprint density at radius 1 is 1.47 bits per heavy atom. The molecule has 2 N–H and O–H groups in total. The van der Waals surface area contributed by atoms with Crippen LogP contribution >= 0.6 is 27.5 Å². The van der Waals surface area contributed by atoms with Gasteiger partial charge in [0.25, 0.3) is 0 Å². The van der Waals surface area contributed by atoms with Crippen LogP contribution in [0.1, 0.15) is 36.4 Å². The fourth-order valence-electron chi connectivity index (χ4n) is 2.10. The maximum Gasteiger partial charge on any atom is 0.127 e. The molecule has 0 saturated carbocycles. The summed E-state index contributed by atoms with van der Waals surface area (Å²) >= 11 is 9.41. The van der Waals surface area contributed by atoms with Gasteiger partial charge in [-0.25, -0.2) is 4.39 Å². The molecule has 0 saturated heterocycles. The van der Waals surface area contributed by atoms with Gasteiger partial charge in [-0.2, -0.15) is 0 Å². The number of nitrogens with two attached hydrogens (primary N) is 1. The first kappa shape index (κ1) is 11.4. The van der Waals surface area contributed by atoms with Crippen molar-refractivity contribution in [2.24, 2.45) is 5.73 Å². The Hall–Kier alpha value is -0.120. The van der Waals surface area contributed by atoms with Crippen molar-refractivity contribution in [3.63, 3.8) is 0 Å². The Morgan fingerprint density at radius 2 is 2.20 bits per heavy atom. The Labute approximate surface area is 102 Å². The second kappa shape index (κ2) is 4.40. The molecule has 4 heteroatoms. The summed E-state index contributed by atoms with van der Waals surface area (Å²) in [4.78, 5) is 0. The van der Waals surface area contributed by atoms with Crippen molar-refractivity contribution in [1.82, 2.24) is 0 Å². The van der Waals surface area contributed by atoms with E-state index in [1.165, 1.54) is 6.07 Å². The van der Waals surface area contributed by atoms with E-state index >= 15 is 0 Å². The van der Waals surface area contributed by atoms with Gasteiger partial charge in [-0.05, 0) is 52.4 Å². The number of rotatable bonds is 0. The monoisotopic (exact) mass is 291 g/mol. The molecule has 82 valence electrons. The van der Waals surface area contributed by atoms with Gasteiger partial charge in [0.15, 0.2) is 0 Å². The molecule has 0 fully saturated rings. The molecule has 2 rings (SSSR count). The van der Waals surface area contributed by atoms with E-state index in [1.54, 1.807) is 0 Å². The molecule has 0 aliphatic heterocycles. The van der Waals surface area contributed by atoms with Gasteiger partial charge in [-0.3, -0.25) is 0 Å². The second-order valence-electron chi connectivity index (χ2n) is 3.90. The average Bonchev–Trinajstić information content (AvgIpc) is 2.37. The summed E-state index contributed by atoms with van der Waals surface area (Å²) in [5.74, 6) is -0.196. The Balaban J connectivity index is 2.63. The van der Waals surface area contributed by atoms with Crippen molar-refractivity contribution in [3.8, 4) is 0 Å². The number of fused-ring (bicyclic) bond motifs is 1. The van der Waals surface area contributed by atoms with Gasteiger partial charge >= 0.3 is 0 Å². The van der Waals surface area contributed by atoms with Crippen LogP contribution in [-0.4, -0.2) is 0 Å². The van der Waals surface area contributed by atoms with Crippen LogP contribution in [0.2, 0.25) is 5.02 Å². The average molecular weight is 293 g/mol. The van der Waals surface area contributed by atoms with E-state index in [4.69, 9.17) is 17.3 Å². The lowest BCUT2D eigenvalue weighted by Crippen LogP contribution is -2.12. The lowest BCUT2D eigenvalue weighted by Gasteiger charge is -2.16. The maximum absolute atomic E-state index is 13.7. The van der Waals surface area contributed by atoms with Crippen LogP contribution in [0.3, 0.4) is 0 Å². The first-order valence-corrected chi connectivity index (χ1v) is 6.20. The smallest absolute Gasteiger partial charge is 0.127 e. The number of halogens is 3. The van der Waals surface area contributed by atoms with Crippen molar-refractivity contribution in [2.75, 3.05) is 0 Å². The molecule has 0 aromatic heterocycles. The van der Waals surface area contributed by atoms with Crippen LogP contribution in [0, 0.1) is 5.82 Å². The summed E-state index contributed by atoms with van der Waals surface area (Å²) in [6, 6.07) is 1.29. The molecule has 1 aliphatic carbocycles. The minimum atomic E-state index is -0.196. The van der Waals surface area contributed by atoms with Gasteiger partial charge in [0.05, 0.1) is 5.02 Å². The molecule has 0 bridgehead atoms. The fraction of sp³-hybridized carbons (Fsp3) is 0.455. The first-order chi connectivity index (χ1) is 7.11. The first-order valence-electron chi connectivity index (χ1n) is 5.03. The predicted molar refractivity (Wildman–Crippen MR) is 63.6 cm³/mol. The number of hydrogen-bond acceptors (Lipinski definition) is 1. The topological polar surface area (TPSA) is 26.0 Å². The van der Waals surface area contributed by atoms with Crippen LogP contribution in [-0.2, 0) is 6.42 Å². The van der Waals surface area contributed by atoms with Gasteiger partial charge in [0, 0.05) is 10.5 Å². The molecule has 15 heavy (non-hydrogen) atoms. The van der Waals surface area contributed by atoms with Gasteiger partial charge in [0.2, 0.25) is 0 Å². The van der Waals surface area contributed by atoms with E-state index < -0.39 is 0 Å². The Kier molecular flexibility index (Phi) is 3.33. The quantitative estimate of drug-likeness (QED) is 0.568. The molecule has 1 aliphatic rings. The Bertz CT molecular complexity index is 395. The zero-order valence-corrected chi connectivity index (χ0v) is 10.5. The summed E-state index contributed by atoms with van der Waals surface area (Å²) in [5.41, 5.74) is 7.51. The molecule has 0 spiro atoms. The van der Waals surface area contributed by atoms with Crippen LogP contribution in [0.25, 0.3) is 0 Å². The molecule has 1 nitrogen and oxygen atoms in total. The molecule has 0 radical (unpaired) electrons. The summed E-state index contributed by atoms with van der Waals surface area (Å²) in [6.07, 6.45) is 3.63. The van der Waals surface area contributed by atoms with E-state index in [2.05, 4.69) is 15.9 Å². The van der Waals surface area contributed by atoms with Crippen molar-refractivity contribution in [3.05, 3.63) is 32.5 Å². The normalized spacial score (nSPS) is 20.9. The lowest BCUT2D eigenvalue weighted by atomic mass is 9.99. The number of hydrogen-bond donors (Lipinski definition) is 1. The predicted octanol–water partition coefficient (Wildman–Crippen LogP) is 3.97. The summed E-state index contributed by atoms with van der Waals surface area (Å²) in [7, 11) is 0. The highest BCUT2D eigenvalue weighted by Crippen LogP contribution is 2.38. The zero-order valence-electron chi connectivity index (χ0n) is 8.19. The van der Waals surface area contributed by atoms with Crippen LogP contribution < -0.4 is 5.73 Å². The fourth-order valence-corrected chi connectivity index (χ4v) is 2.83. The van der Waals surface area contributed by atoms with Gasteiger partial charge in [-0.15, -0.1) is 0 Å². The largest absolute Gasteiger partial charge is 0.324 e. The van der Waals surface area contributed by atoms with Gasteiger partial charge < -0.3 is 5.73 Å². The zero-order chi connectivity index (χ0) is 11.0. The SMILES string of the molecule is N[C@H]1CCCCc2c(F)cc(Br)c(Cl)c21. The maximum atomic E-state index is 13.7. The summed E-state index contributed by atoms with van der Waals surface area (Å²) < 4.78 is 14.3. The standard InChI is InChI=1S/C11H12BrClFN/c12-7-5-8(14)6-3-1-2-4-9(15)10(6)11(7)13/h5,9H,1-4,15H2/t9-/m0/s1. The van der Waals surface area contributed by atoms with Crippen LogP contribution in [0.15, 0.2) is 10.5 Å². The Morgan fingerprint density at radius 3 is 2.93 bits per heavy atom. The van der Waals surface area contributed by atoms with E-state index in [9.17, 15) is 4.39 Å². The second-order valence-corrected chi connectivity index (χ2v) is 5.13.